The topological polar surface area (TPSA) is 98.8 Å². The Hall–Kier alpha value is -2.13. The van der Waals surface area contributed by atoms with Gasteiger partial charge in [0.25, 0.3) is 0 Å². The highest BCUT2D eigenvalue weighted by molar-refractivity contribution is 7.92. The Balaban J connectivity index is 1.89. The first kappa shape index (κ1) is 19.2. The normalized spacial score (nSPS) is 15.7. The molecule has 0 spiro atoms. The van der Waals surface area contributed by atoms with Crippen molar-refractivity contribution in [3.05, 3.63) is 24.3 Å². The minimum Gasteiger partial charge on any atom is -0.340 e. The number of amides is 2. The van der Waals surface area contributed by atoms with Crippen molar-refractivity contribution in [3.63, 3.8) is 0 Å². The van der Waals surface area contributed by atoms with Gasteiger partial charge >= 0.3 is 0 Å². The quantitative estimate of drug-likeness (QED) is 0.764. The number of hydrogen-bond donors (Lipinski definition) is 2. The van der Waals surface area contributed by atoms with E-state index in [2.05, 4.69) is 14.9 Å². The van der Waals surface area contributed by atoms with E-state index in [9.17, 15) is 18.0 Å². The van der Waals surface area contributed by atoms with Crippen molar-refractivity contribution in [1.82, 2.24) is 9.80 Å². The third kappa shape index (κ3) is 6.35. The van der Waals surface area contributed by atoms with Crippen LogP contribution in [0.1, 0.15) is 13.3 Å². The van der Waals surface area contributed by atoms with E-state index >= 15 is 0 Å². The molecule has 2 rings (SSSR count). The fourth-order valence-electron chi connectivity index (χ4n) is 2.53. The average Bonchev–Trinajstić information content (AvgIpc) is 2.52. The maximum atomic E-state index is 12.2. The van der Waals surface area contributed by atoms with E-state index in [1.165, 1.54) is 13.0 Å². The number of rotatable bonds is 6. The van der Waals surface area contributed by atoms with Crippen molar-refractivity contribution in [3.8, 4) is 0 Å². The first-order valence-corrected chi connectivity index (χ1v) is 9.75. The molecule has 138 valence electrons. The number of anilines is 2. The summed E-state index contributed by atoms with van der Waals surface area (Å²) in [5.41, 5.74) is 0.847. The van der Waals surface area contributed by atoms with E-state index in [-0.39, 0.29) is 24.0 Å². The van der Waals surface area contributed by atoms with Crippen LogP contribution in [0.3, 0.4) is 0 Å². The van der Waals surface area contributed by atoms with Gasteiger partial charge < -0.3 is 15.1 Å². The summed E-state index contributed by atoms with van der Waals surface area (Å²) in [5.74, 6) is -0.661. The summed E-state index contributed by atoms with van der Waals surface area (Å²) in [6.45, 7) is 4.23. The molecule has 0 aromatic heterocycles. The number of benzene rings is 1. The van der Waals surface area contributed by atoms with Crippen molar-refractivity contribution >= 4 is 33.2 Å². The molecule has 8 nitrogen and oxygen atoms in total. The van der Waals surface area contributed by atoms with Crippen LogP contribution >= 0.6 is 0 Å². The lowest BCUT2D eigenvalue weighted by molar-refractivity contribution is -0.132. The maximum absolute atomic E-state index is 12.2. The molecule has 2 amide bonds. The van der Waals surface area contributed by atoms with Gasteiger partial charge in [-0.05, 0) is 25.2 Å². The maximum Gasteiger partial charge on any atom is 0.233 e. The predicted octanol–water partition coefficient (Wildman–Crippen LogP) is 0.551. The summed E-state index contributed by atoms with van der Waals surface area (Å²) in [7, 11) is -1.65. The molecule has 1 fully saturated rings. The summed E-state index contributed by atoms with van der Waals surface area (Å²) >= 11 is 0. The predicted molar refractivity (Wildman–Crippen MR) is 96.8 cm³/mol. The van der Waals surface area contributed by atoms with Gasteiger partial charge in [0, 0.05) is 45.2 Å². The average molecular weight is 368 g/mol. The molecule has 1 aromatic rings. The monoisotopic (exact) mass is 368 g/mol. The molecule has 1 saturated heterocycles. The molecule has 25 heavy (non-hydrogen) atoms. The van der Waals surface area contributed by atoms with Crippen LogP contribution in [0.15, 0.2) is 24.3 Å². The Morgan fingerprint density at radius 3 is 2.40 bits per heavy atom. The third-order valence-electron chi connectivity index (χ3n) is 3.90. The second-order valence-corrected chi connectivity index (χ2v) is 7.96. The van der Waals surface area contributed by atoms with E-state index in [1.807, 2.05) is 7.05 Å². The molecule has 0 unspecified atom stereocenters. The minimum atomic E-state index is -3.64. The lowest BCUT2D eigenvalue weighted by atomic mass is 10.3. The van der Waals surface area contributed by atoms with Crippen molar-refractivity contribution in [2.24, 2.45) is 0 Å². The largest absolute Gasteiger partial charge is 0.340 e. The van der Waals surface area contributed by atoms with Gasteiger partial charge in [0.15, 0.2) is 0 Å². The first-order chi connectivity index (χ1) is 11.7. The highest BCUT2D eigenvalue weighted by atomic mass is 32.2. The van der Waals surface area contributed by atoms with E-state index in [1.54, 1.807) is 23.1 Å². The number of sulfonamides is 1. The molecule has 1 aliphatic heterocycles. The summed E-state index contributed by atoms with van der Waals surface area (Å²) in [6, 6.07) is 6.42. The number of carbonyl (C=O) groups excluding carboxylic acids is 2. The summed E-state index contributed by atoms with van der Waals surface area (Å²) < 4.78 is 26.8. The number of nitrogens with zero attached hydrogens (tertiary/aromatic N) is 2. The summed E-state index contributed by atoms with van der Waals surface area (Å²) in [5, 5.41) is 2.59. The lowest BCUT2D eigenvalue weighted by Crippen LogP contribution is -2.47. The van der Waals surface area contributed by atoms with Gasteiger partial charge in [-0.3, -0.25) is 14.3 Å². The number of hydrogen-bond acceptors (Lipinski definition) is 5. The van der Waals surface area contributed by atoms with Gasteiger partial charge in [-0.1, -0.05) is 6.07 Å². The zero-order chi connectivity index (χ0) is 18.4. The zero-order valence-electron chi connectivity index (χ0n) is 14.5. The molecule has 0 atom stereocenters. The zero-order valence-corrected chi connectivity index (χ0v) is 15.3. The van der Waals surface area contributed by atoms with Gasteiger partial charge in [0.1, 0.15) is 0 Å². The SMILES string of the molecule is CC(=O)Nc1cccc(NS(=O)(=O)CCC(=O)N2CCN(C)CC2)c1. The first-order valence-electron chi connectivity index (χ1n) is 8.10. The van der Waals surface area contributed by atoms with Gasteiger partial charge in [0.05, 0.1) is 11.4 Å². The molecule has 1 aromatic carbocycles. The molecule has 1 heterocycles. The molecule has 0 saturated carbocycles. The number of nitrogens with one attached hydrogen (secondary N) is 2. The minimum absolute atomic E-state index is 0.0512. The third-order valence-corrected chi connectivity index (χ3v) is 5.19. The van der Waals surface area contributed by atoms with E-state index < -0.39 is 10.0 Å². The molecule has 0 bridgehead atoms. The van der Waals surface area contributed by atoms with Gasteiger partial charge in [0.2, 0.25) is 21.8 Å². The van der Waals surface area contributed by atoms with Crippen molar-refractivity contribution in [2.75, 3.05) is 49.0 Å². The van der Waals surface area contributed by atoms with Crippen LogP contribution in [0.2, 0.25) is 0 Å². The number of carbonyl (C=O) groups is 2. The van der Waals surface area contributed by atoms with Crippen LogP contribution in [-0.2, 0) is 19.6 Å². The highest BCUT2D eigenvalue weighted by Gasteiger charge is 2.21. The van der Waals surface area contributed by atoms with Crippen LogP contribution in [-0.4, -0.2) is 69.0 Å². The van der Waals surface area contributed by atoms with E-state index in [0.29, 0.717) is 24.5 Å². The molecular weight excluding hydrogens is 344 g/mol. The summed E-state index contributed by atoms with van der Waals surface area (Å²) in [4.78, 5) is 27.0. The van der Waals surface area contributed by atoms with Crippen LogP contribution in [0.5, 0.6) is 0 Å². The van der Waals surface area contributed by atoms with Gasteiger partial charge in [-0.15, -0.1) is 0 Å². The fourth-order valence-corrected chi connectivity index (χ4v) is 3.56. The highest BCUT2D eigenvalue weighted by Crippen LogP contribution is 2.16. The van der Waals surface area contributed by atoms with E-state index in [0.717, 1.165) is 13.1 Å². The van der Waals surface area contributed by atoms with Crippen LogP contribution in [0, 0.1) is 0 Å². The second-order valence-electron chi connectivity index (χ2n) is 6.12. The van der Waals surface area contributed by atoms with Crippen molar-refractivity contribution in [2.45, 2.75) is 13.3 Å². The molecule has 0 radical (unpaired) electrons. The molecule has 1 aliphatic rings. The Morgan fingerprint density at radius 2 is 1.76 bits per heavy atom. The van der Waals surface area contributed by atoms with Crippen LogP contribution in [0.4, 0.5) is 11.4 Å². The number of likely N-dealkylation sites (N-methyl/N-ethyl adjacent to an activating group) is 1. The Bertz CT molecular complexity index is 727. The molecule has 0 aliphatic carbocycles. The Kier molecular flexibility index (Phi) is 6.38. The molecule has 2 N–H and O–H groups in total. The van der Waals surface area contributed by atoms with Crippen molar-refractivity contribution in [1.29, 1.82) is 0 Å². The standard InChI is InChI=1S/C16H24N4O4S/c1-13(21)17-14-4-3-5-15(12-14)18-25(23,24)11-6-16(22)20-9-7-19(2)8-10-20/h3-5,12,18H,6-11H2,1-2H3,(H,17,21). The molecule has 9 heteroatoms. The molecular formula is C16H24N4O4S. The van der Waals surface area contributed by atoms with Crippen LogP contribution in [0.25, 0.3) is 0 Å². The fraction of sp³-hybridized carbons (Fsp3) is 0.500. The van der Waals surface area contributed by atoms with Crippen LogP contribution < -0.4 is 10.0 Å². The number of piperazine rings is 1. The Labute approximate surface area is 148 Å². The second kappa shape index (κ2) is 8.30. The lowest BCUT2D eigenvalue weighted by Gasteiger charge is -2.32. The van der Waals surface area contributed by atoms with Gasteiger partial charge in [-0.2, -0.15) is 0 Å². The van der Waals surface area contributed by atoms with E-state index in [4.69, 9.17) is 0 Å². The van der Waals surface area contributed by atoms with Crippen molar-refractivity contribution < 1.29 is 18.0 Å². The van der Waals surface area contributed by atoms with Gasteiger partial charge in [-0.25, -0.2) is 8.42 Å². The smallest absolute Gasteiger partial charge is 0.233 e. The summed E-state index contributed by atoms with van der Waals surface area (Å²) in [6.07, 6.45) is -0.0512. The Morgan fingerprint density at radius 1 is 1.12 bits per heavy atom.